The van der Waals surface area contributed by atoms with Gasteiger partial charge in [-0.15, -0.1) is 0 Å². The third-order valence-corrected chi connectivity index (χ3v) is 4.95. The number of rotatable bonds is 9. The summed E-state index contributed by atoms with van der Waals surface area (Å²) < 4.78 is 11.1. The Hall–Kier alpha value is -2.57. The van der Waals surface area contributed by atoms with Gasteiger partial charge in [-0.3, -0.25) is 4.90 Å². The van der Waals surface area contributed by atoms with Crippen LogP contribution >= 0.6 is 0 Å². The molecule has 156 valence electrons. The predicted octanol–water partition coefficient (Wildman–Crippen LogP) is 3.10. The molecule has 0 bridgehead atoms. The van der Waals surface area contributed by atoms with Crippen LogP contribution in [0.3, 0.4) is 0 Å². The second-order valence-electron chi connectivity index (χ2n) is 7.28. The van der Waals surface area contributed by atoms with E-state index >= 15 is 0 Å². The van der Waals surface area contributed by atoms with E-state index in [1.54, 1.807) is 0 Å². The van der Waals surface area contributed by atoms with Crippen molar-refractivity contribution in [1.82, 2.24) is 15.5 Å². The normalized spacial score (nSPS) is 14.4. The van der Waals surface area contributed by atoms with Gasteiger partial charge in [-0.1, -0.05) is 42.0 Å². The Balaban J connectivity index is 1.34. The van der Waals surface area contributed by atoms with Gasteiger partial charge >= 0.3 is 6.03 Å². The van der Waals surface area contributed by atoms with Gasteiger partial charge in [0.05, 0.1) is 19.8 Å². The highest BCUT2D eigenvalue weighted by molar-refractivity contribution is 5.73. The summed E-state index contributed by atoms with van der Waals surface area (Å²) in [4.78, 5) is 14.5. The summed E-state index contributed by atoms with van der Waals surface area (Å²) in [6.45, 7) is 8.09. The molecule has 6 heteroatoms. The summed E-state index contributed by atoms with van der Waals surface area (Å²) in [5, 5.41) is 5.85. The van der Waals surface area contributed by atoms with Crippen LogP contribution in [-0.2, 0) is 17.8 Å². The van der Waals surface area contributed by atoms with Crippen LogP contribution in [0.4, 0.5) is 4.79 Å². The van der Waals surface area contributed by atoms with Gasteiger partial charge in [0.25, 0.3) is 0 Å². The van der Waals surface area contributed by atoms with E-state index < -0.39 is 0 Å². The molecule has 0 saturated carbocycles. The first-order valence-corrected chi connectivity index (χ1v) is 10.3. The molecule has 3 rings (SSSR count). The van der Waals surface area contributed by atoms with Crippen LogP contribution in [0, 0.1) is 6.92 Å². The molecule has 2 aromatic carbocycles. The van der Waals surface area contributed by atoms with E-state index in [-0.39, 0.29) is 6.03 Å². The summed E-state index contributed by atoms with van der Waals surface area (Å²) in [7, 11) is 0. The lowest BCUT2D eigenvalue weighted by Crippen LogP contribution is -2.37. The van der Waals surface area contributed by atoms with E-state index in [0.717, 1.165) is 50.6 Å². The van der Waals surface area contributed by atoms with E-state index in [1.807, 2.05) is 43.3 Å². The van der Waals surface area contributed by atoms with Crippen molar-refractivity contribution < 1.29 is 14.3 Å². The number of carbonyl (C=O) groups is 1. The van der Waals surface area contributed by atoms with Gasteiger partial charge in [-0.05, 0) is 36.6 Å². The highest BCUT2D eigenvalue weighted by atomic mass is 16.5. The van der Waals surface area contributed by atoms with Crippen molar-refractivity contribution in [1.29, 1.82) is 0 Å². The molecule has 1 heterocycles. The number of carbonyl (C=O) groups excluding carboxylic acids is 1. The number of amides is 2. The van der Waals surface area contributed by atoms with E-state index in [9.17, 15) is 4.79 Å². The second kappa shape index (κ2) is 11.4. The molecule has 0 atom stereocenters. The zero-order valence-corrected chi connectivity index (χ0v) is 17.2. The lowest BCUT2D eigenvalue weighted by Gasteiger charge is -2.27. The minimum Gasteiger partial charge on any atom is -0.494 e. The van der Waals surface area contributed by atoms with E-state index in [1.165, 1.54) is 11.1 Å². The third-order valence-electron chi connectivity index (χ3n) is 4.95. The predicted molar refractivity (Wildman–Crippen MR) is 114 cm³/mol. The monoisotopic (exact) mass is 397 g/mol. The maximum Gasteiger partial charge on any atom is 0.315 e. The van der Waals surface area contributed by atoms with Gasteiger partial charge in [0, 0.05) is 32.7 Å². The molecule has 1 aliphatic rings. The number of aryl methyl sites for hydroxylation is 1. The Bertz CT molecular complexity index is 758. The van der Waals surface area contributed by atoms with Crippen molar-refractivity contribution >= 4 is 6.03 Å². The van der Waals surface area contributed by atoms with Crippen molar-refractivity contribution in [2.45, 2.75) is 26.4 Å². The highest BCUT2D eigenvalue weighted by Gasteiger charge is 2.13. The molecule has 1 saturated heterocycles. The Morgan fingerprint density at radius 1 is 1.03 bits per heavy atom. The number of morpholine rings is 1. The Kier molecular flexibility index (Phi) is 8.34. The van der Waals surface area contributed by atoms with Crippen molar-refractivity contribution in [2.24, 2.45) is 0 Å². The number of ether oxygens (including phenoxy) is 2. The molecule has 2 aromatic rings. The molecular weight excluding hydrogens is 366 g/mol. The van der Waals surface area contributed by atoms with Crippen molar-refractivity contribution in [3.8, 4) is 5.75 Å². The van der Waals surface area contributed by atoms with Crippen LogP contribution in [0.15, 0.2) is 48.5 Å². The average Bonchev–Trinajstić information content (AvgIpc) is 2.75. The zero-order valence-electron chi connectivity index (χ0n) is 17.2. The molecule has 2 amide bonds. The van der Waals surface area contributed by atoms with E-state index in [2.05, 4.69) is 27.7 Å². The molecule has 0 radical (unpaired) electrons. The van der Waals surface area contributed by atoms with Crippen LogP contribution in [0.25, 0.3) is 0 Å². The zero-order chi connectivity index (χ0) is 20.3. The quantitative estimate of drug-likeness (QED) is 0.639. The molecule has 1 fully saturated rings. The first-order chi connectivity index (χ1) is 14.2. The first-order valence-electron chi connectivity index (χ1n) is 10.3. The maximum absolute atomic E-state index is 12.1. The minimum atomic E-state index is -0.151. The summed E-state index contributed by atoms with van der Waals surface area (Å²) in [5.41, 5.74) is 3.61. The average molecular weight is 398 g/mol. The van der Waals surface area contributed by atoms with E-state index in [0.29, 0.717) is 19.7 Å². The maximum atomic E-state index is 12.1. The SMILES string of the molecule is Cc1ccc(OCCCNC(=O)NCc2ccccc2CN2CCOCC2)cc1. The summed E-state index contributed by atoms with van der Waals surface area (Å²) in [6, 6.07) is 16.1. The summed E-state index contributed by atoms with van der Waals surface area (Å²) in [5.74, 6) is 0.858. The summed E-state index contributed by atoms with van der Waals surface area (Å²) >= 11 is 0. The van der Waals surface area contributed by atoms with Gasteiger partial charge in [0.2, 0.25) is 0 Å². The number of nitrogens with zero attached hydrogens (tertiary/aromatic N) is 1. The molecule has 1 aliphatic heterocycles. The van der Waals surface area contributed by atoms with Crippen LogP contribution < -0.4 is 15.4 Å². The van der Waals surface area contributed by atoms with Gasteiger partial charge in [0.15, 0.2) is 0 Å². The van der Waals surface area contributed by atoms with Crippen LogP contribution in [0.5, 0.6) is 5.75 Å². The smallest absolute Gasteiger partial charge is 0.315 e. The fraction of sp³-hybridized carbons (Fsp3) is 0.435. The number of benzene rings is 2. The van der Waals surface area contributed by atoms with Crippen LogP contribution in [0.2, 0.25) is 0 Å². The van der Waals surface area contributed by atoms with Gasteiger partial charge < -0.3 is 20.1 Å². The third kappa shape index (κ3) is 7.40. The lowest BCUT2D eigenvalue weighted by molar-refractivity contribution is 0.0341. The van der Waals surface area contributed by atoms with Gasteiger partial charge in [0.1, 0.15) is 5.75 Å². The molecule has 0 unspecified atom stereocenters. The molecule has 2 N–H and O–H groups in total. The number of hydrogen-bond acceptors (Lipinski definition) is 4. The Labute approximate surface area is 173 Å². The molecule has 0 aliphatic carbocycles. The molecule has 0 spiro atoms. The van der Waals surface area contributed by atoms with Gasteiger partial charge in [-0.25, -0.2) is 4.79 Å². The largest absolute Gasteiger partial charge is 0.494 e. The lowest BCUT2D eigenvalue weighted by atomic mass is 10.1. The second-order valence-corrected chi connectivity index (χ2v) is 7.28. The number of urea groups is 1. The topological polar surface area (TPSA) is 62.8 Å². The molecule has 0 aromatic heterocycles. The number of hydrogen-bond donors (Lipinski definition) is 2. The number of nitrogens with one attached hydrogen (secondary N) is 2. The van der Waals surface area contributed by atoms with Gasteiger partial charge in [-0.2, -0.15) is 0 Å². The van der Waals surface area contributed by atoms with Crippen LogP contribution in [0.1, 0.15) is 23.1 Å². The fourth-order valence-corrected chi connectivity index (χ4v) is 3.22. The van der Waals surface area contributed by atoms with E-state index in [4.69, 9.17) is 9.47 Å². The molecular formula is C23H31N3O3. The highest BCUT2D eigenvalue weighted by Crippen LogP contribution is 2.13. The van der Waals surface area contributed by atoms with Crippen molar-refractivity contribution in [3.63, 3.8) is 0 Å². The first kappa shape index (κ1) is 21.1. The minimum absolute atomic E-state index is 0.151. The standard InChI is InChI=1S/C23H31N3O3/c1-19-7-9-22(10-8-19)29-14-4-11-24-23(27)25-17-20-5-2-3-6-21(20)18-26-12-15-28-16-13-26/h2-3,5-10H,4,11-18H2,1H3,(H2,24,25,27). The molecule has 29 heavy (non-hydrogen) atoms. The molecule has 6 nitrogen and oxygen atoms in total. The summed E-state index contributed by atoms with van der Waals surface area (Å²) in [6.07, 6.45) is 0.759. The van der Waals surface area contributed by atoms with Crippen LogP contribution in [-0.4, -0.2) is 50.4 Å². The fourth-order valence-electron chi connectivity index (χ4n) is 3.22. The van der Waals surface area contributed by atoms with Crippen molar-refractivity contribution in [2.75, 3.05) is 39.5 Å². The Morgan fingerprint density at radius 3 is 2.52 bits per heavy atom. The van der Waals surface area contributed by atoms with Crippen molar-refractivity contribution in [3.05, 3.63) is 65.2 Å². The Morgan fingerprint density at radius 2 is 1.76 bits per heavy atom.